The van der Waals surface area contributed by atoms with Crippen LogP contribution in [0.1, 0.15) is 18.2 Å². The summed E-state index contributed by atoms with van der Waals surface area (Å²) < 4.78 is 13.5. The van der Waals surface area contributed by atoms with Crippen LogP contribution in [0.5, 0.6) is 0 Å². The number of carbonyl (C=O) groups is 1. The number of aromatic amines is 1. The number of hydrogen-bond acceptors (Lipinski definition) is 1. The minimum absolute atomic E-state index is 0.0700. The lowest BCUT2D eigenvalue weighted by Crippen LogP contribution is -1.99. The summed E-state index contributed by atoms with van der Waals surface area (Å²) in [7, 11) is 0. The average Bonchev–Trinajstić information content (AvgIpc) is 2.59. The van der Waals surface area contributed by atoms with Crippen LogP contribution >= 0.6 is 0 Å². The Morgan fingerprint density at radius 1 is 1.50 bits per heavy atom. The van der Waals surface area contributed by atoms with Gasteiger partial charge >= 0.3 is 5.97 Å². The third-order valence-electron chi connectivity index (χ3n) is 2.60. The van der Waals surface area contributed by atoms with Crippen LogP contribution in [0, 0.1) is 5.82 Å². The minimum Gasteiger partial charge on any atom is -0.481 e. The van der Waals surface area contributed by atoms with Crippen molar-refractivity contribution in [3.05, 3.63) is 35.3 Å². The van der Waals surface area contributed by atoms with E-state index in [2.05, 4.69) is 4.98 Å². The molecular formula is C12H12FNO2. The zero-order valence-corrected chi connectivity index (χ0v) is 8.88. The SMILES string of the molecule is CCc1c(F)ccc2cc(CC(=O)O)[nH]c12. The topological polar surface area (TPSA) is 53.1 Å². The molecule has 0 atom stereocenters. The van der Waals surface area contributed by atoms with E-state index in [1.807, 2.05) is 6.92 Å². The number of rotatable bonds is 3. The van der Waals surface area contributed by atoms with Gasteiger partial charge in [0.05, 0.1) is 11.9 Å². The highest BCUT2D eigenvalue weighted by Crippen LogP contribution is 2.23. The zero-order valence-electron chi connectivity index (χ0n) is 8.88. The molecule has 0 amide bonds. The van der Waals surface area contributed by atoms with Gasteiger partial charge in [-0.05, 0) is 24.6 Å². The minimum atomic E-state index is -0.898. The van der Waals surface area contributed by atoms with Gasteiger partial charge in [0.25, 0.3) is 0 Å². The van der Waals surface area contributed by atoms with Crippen LogP contribution in [0.15, 0.2) is 18.2 Å². The fourth-order valence-electron chi connectivity index (χ4n) is 1.90. The Bertz CT molecular complexity index is 545. The molecule has 2 aromatic rings. The number of carboxylic acid groups (broad SMARTS) is 1. The molecule has 0 fully saturated rings. The standard InChI is InChI=1S/C12H12FNO2/c1-2-9-10(13)4-3-7-5-8(6-11(15)16)14-12(7)9/h3-5,14H,2,6H2,1H3,(H,15,16). The van der Waals surface area contributed by atoms with E-state index in [0.717, 1.165) is 5.39 Å². The van der Waals surface area contributed by atoms with Crippen molar-refractivity contribution < 1.29 is 14.3 Å². The molecule has 0 radical (unpaired) electrons. The fourth-order valence-corrected chi connectivity index (χ4v) is 1.90. The lowest BCUT2D eigenvalue weighted by Gasteiger charge is -2.00. The first-order valence-corrected chi connectivity index (χ1v) is 5.12. The number of H-pyrrole nitrogens is 1. The number of hydrogen-bond donors (Lipinski definition) is 2. The highest BCUT2D eigenvalue weighted by Gasteiger charge is 2.10. The maximum absolute atomic E-state index is 13.5. The molecular weight excluding hydrogens is 209 g/mol. The Hall–Kier alpha value is -1.84. The van der Waals surface area contributed by atoms with Gasteiger partial charge in [-0.2, -0.15) is 0 Å². The zero-order chi connectivity index (χ0) is 11.7. The summed E-state index contributed by atoms with van der Waals surface area (Å²) in [5.74, 6) is -1.15. The van der Waals surface area contributed by atoms with Gasteiger partial charge in [-0.1, -0.05) is 6.92 Å². The van der Waals surface area contributed by atoms with Crippen LogP contribution in [-0.2, 0) is 17.6 Å². The molecule has 0 saturated carbocycles. The lowest BCUT2D eigenvalue weighted by molar-refractivity contribution is -0.136. The van der Waals surface area contributed by atoms with Crippen molar-refractivity contribution in [2.24, 2.45) is 0 Å². The Morgan fingerprint density at radius 3 is 2.88 bits per heavy atom. The van der Waals surface area contributed by atoms with Crippen LogP contribution in [-0.4, -0.2) is 16.1 Å². The fraction of sp³-hybridized carbons (Fsp3) is 0.250. The van der Waals surface area contributed by atoms with E-state index >= 15 is 0 Å². The second-order valence-electron chi connectivity index (χ2n) is 3.71. The molecule has 84 valence electrons. The van der Waals surface area contributed by atoms with E-state index in [-0.39, 0.29) is 12.2 Å². The van der Waals surface area contributed by atoms with Crippen molar-refractivity contribution in [1.29, 1.82) is 0 Å². The van der Waals surface area contributed by atoms with Gasteiger partial charge < -0.3 is 10.1 Å². The number of aryl methyl sites for hydroxylation is 1. The number of carboxylic acids is 1. The number of aromatic nitrogens is 1. The number of benzene rings is 1. The molecule has 0 aliphatic heterocycles. The van der Waals surface area contributed by atoms with Gasteiger partial charge in [0.2, 0.25) is 0 Å². The van der Waals surface area contributed by atoms with Crippen LogP contribution < -0.4 is 0 Å². The van der Waals surface area contributed by atoms with Crippen molar-refractivity contribution in [3.8, 4) is 0 Å². The van der Waals surface area contributed by atoms with Crippen LogP contribution in [0.3, 0.4) is 0 Å². The van der Waals surface area contributed by atoms with Crippen molar-refractivity contribution >= 4 is 16.9 Å². The van der Waals surface area contributed by atoms with E-state index in [9.17, 15) is 9.18 Å². The monoisotopic (exact) mass is 221 g/mol. The normalized spacial score (nSPS) is 10.9. The van der Waals surface area contributed by atoms with Crippen molar-refractivity contribution in [3.63, 3.8) is 0 Å². The van der Waals surface area contributed by atoms with Crippen LogP contribution in [0.4, 0.5) is 4.39 Å². The van der Waals surface area contributed by atoms with Gasteiger partial charge in [0, 0.05) is 16.6 Å². The van der Waals surface area contributed by atoms with Gasteiger partial charge in [0.15, 0.2) is 0 Å². The molecule has 1 aromatic heterocycles. The van der Waals surface area contributed by atoms with Gasteiger partial charge in [-0.25, -0.2) is 4.39 Å². The number of halogens is 1. The Morgan fingerprint density at radius 2 is 2.25 bits per heavy atom. The van der Waals surface area contributed by atoms with Gasteiger partial charge in [-0.3, -0.25) is 4.79 Å². The van der Waals surface area contributed by atoms with E-state index in [1.165, 1.54) is 6.07 Å². The third kappa shape index (κ3) is 1.78. The smallest absolute Gasteiger partial charge is 0.309 e. The van der Waals surface area contributed by atoms with E-state index in [0.29, 0.717) is 23.2 Å². The Balaban J connectivity index is 2.56. The molecule has 2 rings (SSSR count). The molecule has 1 heterocycles. The van der Waals surface area contributed by atoms with Gasteiger partial charge in [0.1, 0.15) is 5.82 Å². The number of aliphatic carboxylic acids is 1. The molecule has 1 aromatic carbocycles. The van der Waals surface area contributed by atoms with Crippen molar-refractivity contribution in [2.45, 2.75) is 19.8 Å². The predicted octanol–water partition coefficient (Wildman–Crippen LogP) is 2.50. The quantitative estimate of drug-likeness (QED) is 0.836. The summed E-state index contributed by atoms with van der Waals surface area (Å²) in [6.45, 7) is 1.87. The lowest BCUT2D eigenvalue weighted by atomic mass is 10.1. The van der Waals surface area contributed by atoms with Crippen LogP contribution in [0.25, 0.3) is 10.9 Å². The molecule has 0 aliphatic rings. The molecule has 0 saturated heterocycles. The number of nitrogens with one attached hydrogen (secondary N) is 1. The molecule has 16 heavy (non-hydrogen) atoms. The molecule has 0 unspecified atom stereocenters. The summed E-state index contributed by atoms with van der Waals surface area (Å²) in [5.41, 5.74) is 1.91. The summed E-state index contributed by atoms with van der Waals surface area (Å²) in [6, 6.07) is 4.83. The predicted molar refractivity (Wildman–Crippen MR) is 59.0 cm³/mol. The maximum Gasteiger partial charge on any atom is 0.309 e. The highest BCUT2D eigenvalue weighted by molar-refractivity contribution is 5.85. The van der Waals surface area contributed by atoms with Gasteiger partial charge in [-0.15, -0.1) is 0 Å². The Labute approximate surface area is 91.9 Å². The maximum atomic E-state index is 13.5. The molecule has 4 heteroatoms. The summed E-state index contributed by atoms with van der Waals surface area (Å²) in [4.78, 5) is 13.5. The summed E-state index contributed by atoms with van der Waals surface area (Å²) in [5, 5.41) is 9.54. The van der Waals surface area contributed by atoms with Crippen LogP contribution in [0.2, 0.25) is 0 Å². The molecule has 3 nitrogen and oxygen atoms in total. The Kier molecular flexibility index (Phi) is 2.64. The van der Waals surface area contributed by atoms with E-state index in [4.69, 9.17) is 5.11 Å². The molecule has 0 bridgehead atoms. The van der Waals surface area contributed by atoms with E-state index in [1.54, 1.807) is 12.1 Å². The number of fused-ring (bicyclic) bond motifs is 1. The van der Waals surface area contributed by atoms with E-state index < -0.39 is 5.97 Å². The molecule has 0 aliphatic carbocycles. The summed E-state index contributed by atoms with van der Waals surface area (Å²) >= 11 is 0. The average molecular weight is 221 g/mol. The molecule has 0 spiro atoms. The first-order chi connectivity index (χ1) is 7.61. The van der Waals surface area contributed by atoms with Crippen molar-refractivity contribution in [2.75, 3.05) is 0 Å². The summed E-state index contributed by atoms with van der Waals surface area (Å²) in [6.07, 6.45) is 0.510. The molecule has 2 N–H and O–H groups in total. The first kappa shape index (κ1) is 10.7. The van der Waals surface area contributed by atoms with Crippen molar-refractivity contribution in [1.82, 2.24) is 4.98 Å². The highest BCUT2D eigenvalue weighted by atomic mass is 19.1. The largest absolute Gasteiger partial charge is 0.481 e. The first-order valence-electron chi connectivity index (χ1n) is 5.12. The second-order valence-corrected chi connectivity index (χ2v) is 3.71. The second kappa shape index (κ2) is 3.96. The third-order valence-corrected chi connectivity index (χ3v) is 2.60.